The number of carbonyl (C=O) groups is 2. The second-order valence-electron chi connectivity index (χ2n) is 4.38. The van der Waals surface area contributed by atoms with Crippen LogP contribution in [0.25, 0.3) is 0 Å². The number of fused-ring (bicyclic) bond motifs is 1. The standard InChI is InChI=1S/C12H16N2O3/c1-4-17-11(16)13-8-7-12(3)6-5-9(2)10(15)14(12)13/h5-9H,4H2,1-3H3/t9-,12-/m0/s1. The van der Waals surface area contributed by atoms with Gasteiger partial charge in [0.15, 0.2) is 0 Å². The first-order chi connectivity index (χ1) is 7.99. The normalized spacial score (nSPS) is 30.8. The fraction of sp³-hybridized carbons (Fsp3) is 0.500. The number of hydrazine groups is 1. The van der Waals surface area contributed by atoms with E-state index in [9.17, 15) is 9.59 Å². The fourth-order valence-electron chi connectivity index (χ4n) is 2.01. The molecular formula is C12H16N2O3. The van der Waals surface area contributed by atoms with Crippen LogP contribution in [-0.2, 0) is 9.53 Å². The van der Waals surface area contributed by atoms with Crippen LogP contribution in [0.15, 0.2) is 24.4 Å². The van der Waals surface area contributed by atoms with Crippen LogP contribution in [0.4, 0.5) is 4.79 Å². The van der Waals surface area contributed by atoms with Gasteiger partial charge in [-0.3, -0.25) is 4.79 Å². The van der Waals surface area contributed by atoms with Gasteiger partial charge in [-0.1, -0.05) is 19.1 Å². The maximum atomic E-state index is 12.1. The molecule has 92 valence electrons. The van der Waals surface area contributed by atoms with Crippen molar-refractivity contribution in [3.8, 4) is 0 Å². The van der Waals surface area contributed by atoms with Crippen LogP contribution < -0.4 is 0 Å². The molecule has 2 rings (SSSR count). The summed E-state index contributed by atoms with van der Waals surface area (Å²) in [6.45, 7) is 5.70. The number of carbonyl (C=O) groups excluding carboxylic acids is 2. The summed E-state index contributed by atoms with van der Waals surface area (Å²) < 4.78 is 4.92. The summed E-state index contributed by atoms with van der Waals surface area (Å²) in [4.78, 5) is 23.8. The molecule has 0 saturated carbocycles. The Morgan fingerprint density at radius 1 is 1.53 bits per heavy atom. The lowest BCUT2D eigenvalue weighted by atomic mass is 9.93. The van der Waals surface area contributed by atoms with Gasteiger partial charge in [0.05, 0.1) is 12.5 Å². The highest BCUT2D eigenvalue weighted by Gasteiger charge is 2.45. The Bertz CT molecular complexity index is 416. The molecule has 2 aliphatic rings. The van der Waals surface area contributed by atoms with E-state index in [-0.39, 0.29) is 18.4 Å². The summed E-state index contributed by atoms with van der Waals surface area (Å²) in [6, 6.07) is 0. The third kappa shape index (κ3) is 1.71. The van der Waals surface area contributed by atoms with Crippen LogP contribution in [0.3, 0.4) is 0 Å². The number of rotatable bonds is 1. The minimum Gasteiger partial charge on any atom is -0.448 e. The van der Waals surface area contributed by atoms with E-state index in [1.54, 1.807) is 20.0 Å². The number of hydrogen-bond acceptors (Lipinski definition) is 3. The first-order valence-corrected chi connectivity index (χ1v) is 5.68. The first kappa shape index (κ1) is 11.7. The maximum Gasteiger partial charge on any atom is 0.433 e. The number of hydrogen-bond donors (Lipinski definition) is 0. The van der Waals surface area contributed by atoms with Gasteiger partial charge < -0.3 is 4.74 Å². The van der Waals surface area contributed by atoms with E-state index in [0.29, 0.717) is 0 Å². The Labute approximate surface area is 100 Å². The molecule has 0 bridgehead atoms. The summed E-state index contributed by atoms with van der Waals surface area (Å²) in [5.74, 6) is -0.326. The Morgan fingerprint density at radius 3 is 2.88 bits per heavy atom. The van der Waals surface area contributed by atoms with Gasteiger partial charge in [-0.05, 0) is 19.9 Å². The lowest BCUT2D eigenvalue weighted by molar-refractivity contribution is -0.150. The van der Waals surface area contributed by atoms with Gasteiger partial charge in [0.25, 0.3) is 0 Å². The molecular weight excluding hydrogens is 220 g/mol. The molecule has 0 unspecified atom stereocenters. The van der Waals surface area contributed by atoms with Crippen molar-refractivity contribution in [2.75, 3.05) is 6.61 Å². The molecule has 0 aromatic rings. The highest BCUT2D eigenvalue weighted by atomic mass is 16.6. The van der Waals surface area contributed by atoms with Crippen LogP contribution >= 0.6 is 0 Å². The summed E-state index contributed by atoms with van der Waals surface area (Å²) in [5, 5.41) is 2.68. The molecule has 0 aliphatic carbocycles. The molecule has 2 amide bonds. The van der Waals surface area contributed by atoms with Crippen molar-refractivity contribution in [1.82, 2.24) is 10.0 Å². The number of ether oxygens (including phenoxy) is 1. The van der Waals surface area contributed by atoms with E-state index in [1.165, 1.54) is 10.0 Å². The second kappa shape index (κ2) is 3.91. The molecule has 0 aromatic heterocycles. The van der Waals surface area contributed by atoms with E-state index in [2.05, 4.69) is 0 Å². The third-order valence-electron chi connectivity index (χ3n) is 3.00. The topological polar surface area (TPSA) is 49.9 Å². The summed E-state index contributed by atoms with van der Waals surface area (Å²) >= 11 is 0. The molecule has 0 fully saturated rings. The molecule has 5 heteroatoms. The predicted octanol–water partition coefficient (Wildman–Crippen LogP) is 1.68. The van der Waals surface area contributed by atoms with Crippen molar-refractivity contribution in [2.24, 2.45) is 5.92 Å². The van der Waals surface area contributed by atoms with Crippen LogP contribution in [0.1, 0.15) is 20.8 Å². The van der Waals surface area contributed by atoms with Crippen LogP contribution in [0, 0.1) is 5.92 Å². The molecule has 17 heavy (non-hydrogen) atoms. The van der Waals surface area contributed by atoms with Gasteiger partial charge in [-0.2, -0.15) is 5.01 Å². The predicted molar refractivity (Wildman–Crippen MR) is 61.6 cm³/mol. The van der Waals surface area contributed by atoms with Gasteiger partial charge in [-0.25, -0.2) is 9.80 Å². The fourth-order valence-corrected chi connectivity index (χ4v) is 2.01. The van der Waals surface area contributed by atoms with Crippen LogP contribution in [0.5, 0.6) is 0 Å². The Balaban J connectivity index is 2.30. The van der Waals surface area contributed by atoms with E-state index in [0.717, 1.165) is 0 Å². The first-order valence-electron chi connectivity index (χ1n) is 5.68. The zero-order valence-electron chi connectivity index (χ0n) is 10.2. The largest absolute Gasteiger partial charge is 0.448 e. The van der Waals surface area contributed by atoms with Gasteiger partial charge in [-0.15, -0.1) is 0 Å². The number of amides is 2. The molecule has 0 aromatic carbocycles. The SMILES string of the molecule is CCOC(=O)N1C=C[C@]2(C)C=C[C@H](C)C(=O)N12. The Hall–Kier alpha value is -1.78. The zero-order chi connectivity index (χ0) is 12.6. The van der Waals surface area contributed by atoms with Crippen molar-refractivity contribution in [3.05, 3.63) is 24.4 Å². The smallest absolute Gasteiger partial charge is 0.433 e. The van der Waals surface area contributed by atoms with Crippen molar-refractivity contribution < 1.29 is 14.3 Å². The highest BCUT2D eigenvalue weighted by molar-refractivity contribution is 5.86. The van der Waals surface area contributed by atoms with Gasteiger partial charge in [0, 0.05) is 6.20 Å². The summed E-state index contributed by atoms with van der Waals surface area (Å²) in [5.41, 5.74) is -0.559. The lowest BCUT2D eigenvalue weighted by Gasteiger charge is -2.40. The summed E-state index contributed by atoms with van der Waals surface area (Å²) in [6.07, 6.45) is 6.65. The van der Waals surface area contributed by atoms with Gasteiger partial charge >= 0.3 is 6.09 Å². The molecule has 2 heterocycles. The Morgan fingerprint density at radius 2 is 2.24 bits per heavy atom. The van der Waals surface area contributed by atoms with E-state index in [1.807, 2.05) is 25.2 Å². The summed E-state index contributed by atoms with van der Waals surface area (Å²) in [7, 11) is 0. The zero-order valence-corrected chi connectivity index (χ0v) is 10.2. The lowest BCUT2D eigenvalue weighted by Crippen LogP contribution is -2.56. The Kier molecular flexibility index (Phi) is 2.69. The molecule has 5 nitrogen and oxygen atoms in total. The molecule has 0 radical (unpaired) electrons. The molecule has 0 saturated heterocycles. The molecule has 2 aliphatic heterocycles. The van der Waals surface area contributed by atoms with Crippen molar-refractivity contribution in [3.63, 3.8) is 0 Å². The third-order valence-corrected chi connectivity index (χ3v) is 3.00. The average molecular weight is 236 g/mol. The number of nitrogens with zero attached hydrogens (tertiary/aromatic N) is 2. The van der Waals surface area contributed by atoms with Crippen LogP contribution in [-0.4, -0.2) is 34.2 Å². The monoisotopic (exact) mass is 236 g/mol. The van der Waals surface area contributed by atoms with Crippen molar-refractivity contribution in [2.45, 2.75) is 26.3 Å². The average Bonchev–Trinajstić information content (AvgIpc) is 2.63. The minimum atomic E-state index is -0.559. The molecule has 0 spiro atoms. The van der Waals surface area contributed by atoms with Crippen molar-refractivity contribution in [1.29, 1.82) is 0 Å². The van der Waals surface area contributed by atoms with E-state index >= 15 is 0 Å². The highest BCUT2D eigenvalue weighted by Crippen LogP contribution is 2.33. The van der Waals surface area contributed by atoms with Gasteiger partial charge in [0.2, 0.25) is 5.91 Å². The van der Waals surface area contributed by atoms with Crippen LogP contribution in [0.2, 0.25) is 0 Å². The quantitative estimate of drug-likeness (QED) is 0.651. The minimum absolute atomic E-state index is 0.104. The van der Waals surface area contributed by atoms with Crippen molar-refractivity contribution >= 4 is 12.0 Å². The van der Waals surface area contributed by atoms with E-state index in [4.69, 9.17) is 4.74 Å². The molecule has 0 N–H and O–H groups in total. The maximum absolute atomic E-state index is 12.1. The van der Waals surface area contributed by atoms with E-state index < -0.39 is 11.6 Å². The van der Waals surface area contributed by atoms with Gasteiger partial charge in [0.1, 0.15) is 5.54 Å². The molecule has 2 atom stereocenters. The second-order valence-corrected chi connectivity index (χ2v) is 4.38.